The fourth-order valence-corrected chi connectivity index (χ4v) is 2.45. The Labute approximate surface area is 116 Å². The Kier molecular flexibility index (Phi) is 2.89. The van der Waals surface area contributed by atoms with Crippen molar-refractivity contribution in [3.63, 3.8) is 0 Å². The van der Waals surface area contributed by atoms with Gasteiger partial charge in [-0.05, 0) is 30.2 Å². The molecule has 0 radical (unpaired) electrons. The van der Waals surface area contributed by atoms with E-state index in [4.69, 9.17) is 23.2 Å². The van der Waals surface area contributed by atoms with Crippen LogP contribution in [0.5, 0.6) is 0 Å². The number of nitrogens with zero attached hydrogens (tertiary/aromatic N) is 1. The van der Waals surface area contributed by atoms with Crippen molar-refractivity contribution in [2.45, 2.75) is 13.3 Å². The average molecular weight is 276 g/mol. The van der Waals surface area contributed by atoms with Gasteiger partial charge in [0.15, 0.2) is 0 Å². The topological polar surface area (TPSA) is 12.4 Å². The highest BCUT2D eigenvalue weighted by atomic mass is 35.5. The lowest BCUT2D eigenvalue weighted by Gasteiger charge is -2.01. The van der Waals surface area contributed by atoms with Crippen molar-refractivity contribution in [2.75, 3.05) is 0 Å². The summed E-state index contributed by atoms with van der Waals surface area (Å²) in [6.45, 7) is 2.08. The molecule has 1 aliphatic heterocycles. The van der Waals surface area contributed by atoms with E-state index in [1.807, 2.05) is 12.1 Å². The zero-order chi connectivity index (χ0) is 12.7. The van der Waals surface area contributed by atoms with Crippen molar-refractivity contribution in [1.82, 2.24) is 0 Å². The molecule has 1 nitrogen and oxygen atoms in total. The molecule has 2 aromatic rings. The summed E-state index contributed by atoms with van der Waals surface area (Å²) in [5.41, 5.74) is 5.55. The van der Waals surface area contributed by atoms with E-state index in [-0.39, 0.29) is 0 Å². The van der Waals surface area contributed by atoms with Crippen LogP contribution in [0.2, 0.25) is 10.0 Å². The molecule has 2 aromatic carbocycles. The highest BCUT2D eigenvalue weighted by molar-refractivity contribution is 6.42. The van der Waals surface area contributed by atoms with Crippen LogP contribution in [0.15, 0.2) is 41.4 Å². The number of benzene rings is 2. The van der Waals surface area contributed by atoms with Crippen LogP contribution in [0.3, 0.4) is 0 Å². The standard InChI is InChI=1S/C15H11Cl2N/c1-9-2-4-10(5-3-9)14-7-11-6-12(16)13(17)8-15(11)18-14/h2-6,8H,7H2,1H3. The van der Waals surface area contributed by atoms with E-state index in [9.17, 15) is 0 Å². The lowest BCUT2D eigenvalue weighted by atomic mass is 10.0. The number of rotatable bonds is 1. The second-order valence-electron chi connectivity index (χ2n) is 4.50. The maximum absolute atomic E-state index is 6.02. The Morgan fingerprint density at radius 2 is 1.67 bits per heavy atom. The number of aryl methyl sites for hydroxylation is 1. The Morgan fingerprint density at radius 1 is 1.00 bits per heavy atom. The zero-order valence-electron chi connectivity index (χ0n) is 9.87. The molecule has 0 aliphatic carbocycles. The van der Waals surface area contributed by atoms with E-state index in [1.54, 1.807) is 0 Å². The SMILES string of the molecule is Cc1ccc(C2=Nc3cc(Cl)c(Cl)cc3C2)cc1. The summed E-state index contributed by atoms with van der Waals surface area (Å²) in [6.07, 6.45) is 0.815. The fraction of sp³-hybridized carbons (Fsp3) is 0.133. The summed E-state index contributed by atoms with van der Waals surface area (Å²) in [7, 11) is 0. The molecular weight excluding hydrogens is 265 g/mol. The van der Waals surface area contributed by atoms with Crippen molar-refractivity contribution in [3.8, 4) is 0 Å². The zero-order valence-corrected chi connectivity index (χ0v) is 11.4. The Hall–Kier alpha value is -1.31. The van der Waals surface area contributed by atoms with Crippen LogP contribution in [-0.2, 0) is 6.42 Å². The van der Waals surface area contributed by atoms with Gasteiger partial charge in [-0.3, -0.25) is 4.99 Å². The van der Waals surface area contributed by atoms with Crippen molar-refractivity contribution < 1.29 is 0 Å². The smallest absolute Gasteiger partial charge is 0.0685 e. The Balaban J connectivity index is 2.00. The number of halogens is 2. The highest BCUT2D eigenvalue weighted by Crippen LogP contribution is 2.35. The van der Waals surface area contributed by atoms with E-state index in [2.05, 4.69) is 36.2 Å². The van der Waals surface area contributed by atoms with Crippen LogP contribution in [0.25, 0.3) is 0 Å². The minimum absolute atomic E-state index is 0.560. The second kappa shape index (κ2) is 4.42. The average Bonchev–Trinajstić information content (AvgIpc) is 2.73. The first kappa shape index (κ1) is 11.8. The van der Waals surface area contributed by atoms with Gasteiger partial charge in [-0.25, -0.2) is 0 Å². The van der Waals surface area contributed by atoms with Gasteiger partial charge in [0.2, 0.25) is 0 Å². The molecule has 1 heterocycles. The third-order valence-electron chi connectivity index (χ3n) is 3.12. The molecule has 0 saturated carbocycles. The quantitative estimate of drug-likeness (QED) is 0.696. The minimum atomic E-state index is 0.560. The lowest BCUT2D eigenvalue weighted by molar-refractivity contribution is 1.38. The molecule has 90 valence electrons. The summed E-state index contributed by atoms with van der Waals surface area (Å²) in [5.74, 6) is 0. The van der Waals surface area contributed by atoms with Gasteiger partial charge < -0.3 is 0 Å². The van der Waals surface area contributed by atoms with E-state index >= 15 is 0 Å². The van der Waals surface area contributed by atoms with Gasteiger partial charge in [-0.1, -0.05) is 53.0 Å². The van der Waals surface area contributed by atoms with Crippen LogP contribution in [0, 0.1) is 6.92 Å². The van der Waals surface area contributed by atoms with Crippen molar-refractivity contribution in [1.29, 1.82) is 0 Å². The van der Waals surface area contributed by atoms with Crippen molar-refractivity contribution in [2.24, 2.45) is 4.99 Å². The largest absolute Gasteiger partial charge is 0.252 e. The normalized spacial score (nSPS) is 13.4. The van der Waals surface area contributed by atoms with E-state index in [1.165, 1.54) is 5.56 Å². The maximum Gasteiger partial charge on any atom is 0.0685 e. The molecule has 1 aliphatic rings. The molecule has 0 spiro atoms. The summed E-state index contributed by atoms with van der Waals surface area (Å²) >= 11 is 12.0. The van der Waals surface area contributed by atoms with Gasteiger partial charge in [0.05, 0.1) is 21.4 Å². The first-order valence-corrected chi connectivity index (χ1v) is 6.51. The molecule has 0 bridgehead atoms. The van der Waals surface area contributed by atoms with E-state index in [0.717, 1.165) is 28.9 Å². The van der Waals surface area contributed by atoms with Crippen LogP contribution in [0.4, 0.5) is 5.69 Å². The molecule has 0 unspecified atom stereocenters. The maximum atomic E-state index is 6.02. The number of aliphatic imine (C=N–C) groups is 1. The predicted molar refractivity (Wildman–Crippen MR) is 77.5 cm³/mol. The van der Waals surface area contributed by atoms with Gasteiger partial charge in [-0.2, -0.15) is 0 Å². The third-order valence-corrected chi connectivity index (χ3v) is 3.84. The summed E-state index contributed by atoms with van der Waals surface area (Å²) in [4.78, 5) is 4.63. The van der Waals surface area contributed by atoms with Gasteiger partial charge in [0, 0.05) is 6.42 Å². The fourth-order valence-electron chi connectivity index (χ4n) is 2.10. The molecule has 0 amide bonds. The lowest BCUT2D eigenvalue weighted by Crippen LogP contribution is -1.99. The first-order valence-electron chi connectivity index (χ1n) is 5.76. The Morgan fingerprint density at radius 3 is 2.39 bits per heavy atom. The first-order chi connectivity index (χ1) is 8.63. The van der Waals surface area contributed by atoms with E-state index in [0.29, 0.717) is 10.0 Å². The van der Waals surface area contributed by atoms with Gasteiger partial charge >= 0.3 is 0 Å². The molecular formula is C15H11Cl2N. The van der Waals surface area contributed by atoms with E-state index < -0.39 is 0 Å². The van der Waals surface area contributed by atoms with Gasteiger partial charge in [0.25, 0.3) is 0 Å². The Bertz CT molecular complexity index is 642. The molecule has 3 heteroatoms. The van der Waals surface area contributed by atoms with Crippen LogP contribution in [-0.4, -0.2) is 5.71 Å². The summed E-state index contributed by atoms with van der Waals surface area (Å²) in [6, 6.07) is 12.1. The van der Waals surface area contributed by atoms with Crippen LogP contribution < -0.4 is 0 Å². The van der Waals surface area contributed by atoms with Crippen molar-refractivity contribution in [3.05, 3.63) is 63.1 Å². The summed E-state index contributed by atoms with van der Waals surface area (Å²) < 4.78 is 0. The predicted octanol–water partition coefficient (Wildman–Crippen LogP) is 4.98. The molecule has 0 N–H and O–H groups in total. The van der Waals surface area contributed by atoms with Crippen LogP contribution >= 0.6 is 23.2 Å². The molecule has 0 aromatic heterocycles. The molecule has 0 fully saturated rings. The summed E-state index contributed by atoms with van der Waals surface area (Å²) in [5, 5.41) is 1.15. The minimum Gasteiger partial charge on any atom is -0.252 e. The van der Waals surface area contributed by atoms with Crippen LogP contribution in [0.1, 0.15) is 16.7 Å². The molecule has 3 rings (SSSR count). The number of hydrogen-bond donors (Lipinski definition) is 0. The monoisotopic (exact) mass is 275 g/mol. The van der Waals surface area contributed by atoms with Gasteiger partial charge in [0.1, 0.15) is 0 Å². The molecule has 0 atom stereocenters. The highest BCUT2D eigenvalue weighted by Gasteiger charge is 2.17. The third kappa shape index (κ3) is 2.05. The van der Waals surface area contributed by atoms with Crippen molar-refractivity contribution >= 4 is 34.6 Å². The number of hydrogen-bond acceptors (Lipinski definition) is 1. The second-order valence-corrected chi connectivity index (χ2v) is 5.31. The number of fused-ring (bicyclic) bond motifs is 1. The molecule has 18 heavy (non-hydrogen) atoms. The molecule has 0 saturated heterocycles. The van der Waals surface area contributed by atoms with Gasteiger partial charge in [-0.15, -0.1) is 0 Å².